The first kappa shape index (κ1) is 17.7. The topological polar surface area (TPSA) is 76.8 Å². The minimum Gasteiger partial charge on any atom is -0.404 e. The molecule has 11 heteroatoms. The van der Waals surface area contributed by atoms with Gasteiger partial charge in [0.05, 0.1) is 0 Å². The maximum absolute atomic E-state index is 12.7. The number of alkyl halides is 3. The highest BCUT2D eigenvalue weighted by Gasteiger charge is 2.42. The van der Waals surface area contributed by atoms with E-state index in [4.69, 9.17) is 0 Å². The second kappa shape index (κ2) is 6.20. The number of hydrogen-bond acceptors (Lipinski definition) is 5. The minimum atomic E-state index is -4.98. The molecule has 0 saturated carbocycles. The van der Waals surface area contributed by atoms with Crippen LogP contribution in [0.15, 0.2) is 53.6 Å². The van der Waals surface area contributed by atoms with Crippen LogP contribution in [0.3, 0.4) is 0 Å². The summed E-state index contributed by atoms with van der Waals surface area (Å²) < 4.78 is 69.9. The van der Waals surface area contributed by atoms with Crippen molar-refractivity contribution in [2.45, 2.75) is 17.2 Å². The third-order valence-electron chi connectivity index (χ3n) is 4.25. The van der Waals surface area contributed by atoms with E-state index in [0.29, 0.717) is 11.5 Å². The molecule has 0 unspecified atom stereocenters. The largest absolute Gasteiger partial charge is 0.573 e. The van der Waals surface area contributed by atoms with Crippen LogP contribution in [0.25, 0.3) is 5.65 Å². The van der Waals surface area contributed by atoms with Crippen LogP contribution >= 0.6 is 0 Å². The number of sulfonamides is 1. The molecule has 0 spiro atoms. The lowest BCUT2D eigenvalue weighted by atomic mass is 10.0. The predicted octanol–water partition coefficient (Wildman–Crippen LogP) is 2.42. The molecule has 0 radical (unpaired) electrons. The average Bonchev–Trinajstić information content (AvgIpc) is 2.96. The second-order valence-corrected chi connectivity index (χ2v) is 7.91. The van der Waals surface area contributed by atoms with Crippen molar-refractivity contribution in [2.75, 3.05) is 13.1 Å². The fourth-order valence-corrected chi connectivity index (χ4v) is 4.59. The van der Waals surface area contributed by atoms with Gasteiger partial charge in [-0.25, -0.2) is 8.42 Å². The van der Waals surface area contributed by atoms with E-state index in [2.05, 4.69) is 14.9 Å². The van der Waals surface area contributed by atoms with Crippen molar-refractivity contribution >= 4 is 15.7 Å². The Morgan fingerprint density at radius 3 is 2.48 bits per heavy atom. The van der Waals surface area contributed by atoms with Gasteiger partial charge in [0.2, 0.25) is 10.0 Å². The molecule has 27 heavy (non-hydrogen) atoms. The summed E-state index contributed by atoms with van der Waals surface area (Å²) in [5.41, 5.74) is 0.637. The normalized spacial score (nSPS) is 16.4. The summed E-state index contributed by atoms with van der Waals surface area (Å²) in [6.45, 7) is 0.191. The highest BCUT2D eigenvalue weighted by molar-refractivity contribution is 7.89. The molecule has 1 saturated heterocycles. The first-order chi connectivity index (χ1) is 12.8. The number of benzene rings is 1. The van der Waals surface area contributed by atoms with Crippen LogP contribution in [0.2, 0.25) is 0 Å². The Morgan fingerprint density at radius 2 is 1.74 bits per heavy atom. The summed E-state index contributed by atoms with van der Waals surface area (Å²) in [5.74, 6) is -0.342. The van der Waals surface area contributed by atoms with E-state index in [-0.39, 0.29) is 19.0 Å². The molecule has 142 valence electrons. The van der Waals surface area contributed by atoms with E-state index in [1.807, 2.05) is 6.07 Å². The smallest absolute Gasteiger partial charge is 0.404 e. The summed E-state index contributed by atoms with van der Waals surface area (Å²) >= 11 is 0. The number of hydrogen-bond donors (Lipinski definition) is 0. The molecule has 1 aliphatic heterocycles. The van der Waals surface area contributed by atoms with Crippen LogP contribution in [0.4, 0.5) is 13.2 Å². The monoisotopic (exact) mass is 398 g/mol. The molecule has 2 aromatic heterocycles. The molecular formula is C16H13F3N4O3S. The van der Waals surface area contributed by atoms with E-state index in [0.717, 1.165) is 16.4 Å². The molecular weight excluding hydrogens is 385 g/mol. The number of rotatable bonds is 4. The predicted molar refractivity (Wildman–Crippen MR) is 87.6 cm³/mol. The van der Waals surface area contributed by atoms with Gasteiger partial charge in [-0.1, -0.05) is 18.2 Å². The van der Waals surface area contributed by atoms with Gasteiger partial charge in [0.15, 0.2) is 5.65 Å². The van der Waals surface area contributed by atoms with Crippen molar-refractivity contribution < 1.29 is 26.3 Å². The molecule has 1 aliphatic rings. The van der Waals surface area contributed by atoms with Gasteiger partial charge in [0.25, 0.3) is 0 Å². The zero-order valence-corrected chi connectivity index (χ0v) is 14.5. The quantitative estimate of drug-likeness (QED) is 0.675. The summed E-state index contributed by atoms with van der Waals surface area (Å²) in [6, 6.07) is 10.1. The van der Waals surface area contributed by atoms with Crippen LogP contribution in [-0.2, 0) is 10.0 Å². The highest BCUT2D eigenvalue weighted by Crippen LogP contribution is 2.36. The summed E-state index contributed by atoms with van der Waals surface area (Å²) in [7, 11) is -4.13. The van der Waals surface area contributed by atoms with Crippen LogP contribution in [0.5, 0.6) is 5.75 Å². The van der Waals surface area contributed by atoms with Gasteiger partial charge in [-0.05, 0) is 24.3 Å². The SMILES string of the molecule is O=S(=O)(c1ccccc1OC(F)(F)F)N1CC(c2nnc3ccccn23)C1. The van der Waals surface area contributed by atoms with Gasteiger partial charge in [0.1, 0.15) is 16.5 Å². The zero-order valence-electron chi connectivity index (χ0n) is 13.7. The fourth-order valence-electron chi connectivity index (χ4n) is 2.95. The third kappa shape index (κ3) is 3.23. The standard InChI is InChI=1S/C16H13F3N4O3S/c17-16(18,19)26-12-5-1-2-6-13(12)27(24,25)22-9-11(10-22)15-21-20-14-7-3-4-8-23(14)15/h1-8,11H,9-10H2. The number of nitrogens with zero attached hydrogens (tertiary/aromatic N) is 4. The van der Waals surface area contributed by atoms with Crippen molar-refractivity contribution in [3.63, 3.8) is 0 Å². The molecule has 0 N–H and O–H groups in total. The van der Waals surface area contributed by atoms with E-state index in [1.165, 1.54) is 12.1 Å². The lowest BCUT2D eigenvalue weighted by Crippen LogP contribution is -2.49. The average molecular weight is 398 g/mol. The van der Waals surface area contributed by atoms with Crippen LogP contribution in [0, 0.1) is 0 Å². The lowest BCUT2D eigenvalue weighted by molar-refractivity contribution is -0.275. The molecule has 3 heterocycles. The van der Waals surface area contributed by atoms with Crippen LogP contribution < -0.4 is 4.74 Å². The number of halogens is 3. The molecule has 0 aliphatic carbocycles. The van der Waals surface area contributed by atoms with Crippen molar-refractivity contribution in [3.05, 3.63) is 54.5 Å². The molecule has 0 atom stereocenters. The van der Waals surface area contributed by atoms with Crippen molar-refractivity contribution in [2.24, 2.45) is 0 Å². The first-order valence-corrected chi connectivity index (χ1v) is 9.34. The van der Waals surface area contributed by atoms with Gasteiger partial charge in [-0.15, -0.1) is 23.4 Å². The molecule has 7 nitrogen and oxygen atoms in total. The first-order valence-electron chi connectivity index (χ1n) is 7.90. The van der Waals surface area contributed by atoms with E-state index in [1.54, 1.807) is 22.7 Å². The number of para-hydroxylation sites is 1. The Balaban J connectivity index is 1.57. The Hall–Kier alpha value is -2.66. The summed E-state index contributed by atoms with van der Waals surface area (Å²) in [4.78, 5) is -0.521. The number of pyridine rings is 1. The van der Waals surface area contributed by atoms with E-state index >= 15 is 0 Å². The summed E-state index contributed by atoms with van der Waals surface area (Å²) in [5, 5.41) is 8.11. The highest BCUT2D eigenvalue weighted by atomic mass is 32.2. The van der Waals surface area contributed by atoms with Gasteiger partial charge in [0, 0.05) is 25.2 Å². The van der Waals surface area contributed by atoms with Gasteiger partial charge >= 0.3 is 6.36 Å². The maximum atomic E-state index is 12.7. The van der Waals surface area contributed by atoms with Gasteiger partial charge in [-0.3, -0.25) is 4.40 Å². The number of fused-ring (bicyclic) bond motifs is 1. The second-order valence-electron chi connectivity index (χ2n) is 6.00. The van der Waals surface area contributed by atoms with E-state index in [9.17, 15) is 21.6 Å². The maximum Gasteiger partial charge on any atom is 0.573 e. The number of aromatic nitrogens is 3. The summed E-state index contributed by atoms with van der Waals surface area (Å²) in [6.07, 6.45) is -3.21. The van der Waals surface area contributed by atoms with Gasteiger partial charge in [-0.2, -0.15) is 4.31 Å². The molecule has 1 aromatic carbocycles. The Labute approximate surface area is 152 Å². The molecule has 1 fully saturated rings. The Kier molecular flexibility index (Phi) is 4.07. The van der Waals surface area contributed by atoms with Crippen LogP contribution in [-0.4, -0.2) is 46.8 Å². The molecule has 3 aromatic rings. The van der Waals surface area contributed by atoms with Crippen molar-refractivity contribution in [3.8, 4) is 5.75 Å². The van der Waals surface area contributed by atoms with Gasteiger partial charge < -0.3 is 4.74 Å². The molecule has 0 bridgehead atoms. The number of ether oxygens (including phenoxy) is 1. The minimum absolute atomic E-state index is 0.0956. The Morgan fingerprint density at radius 1 is 1.04 bits per heavy atom. The lowest BCUT2D eigenvalue weighted by Gasteiger charge is -2.37. The Bertz CT molecular complexity index is 1090. The van der Waals surface area contributed by atoms with Crippen molar-refractivity contribution in [1.29, 1.82) is 0 Å². The fraction of sp³-hybridized carbons (Fsp3) is 0.250. The molecule has 0 amide bonds. The van der Waals surface area contributed by atoms with Crippen molar-refractivity contribution in [1.82, 2.24) is 18.9 Å². The van der Waals surface area contributed by atoms with Crippen LogP contribution in [0.1, 0.15) is 11.7 Å². The zero-order chi connectivity index (χ0) is 19.2. The third-order valence-corrected chi connectivity index (χ3v) is 6.12. The van der Waals surface area contributed by atoms with E-state index < -0.39 is 27.0 Å². The molecule has 4 rings (SSSR count).